The van der Waals surface area contributed by atoms with Gasteiger partial charge in [0.25, 0.3) is 0 Å². The van der Waals surface area contributed by atoms with Crippen LogP contribution in [-0.2, 0) is 6.61 Å². The lowest BCUT2D eigenvalue weighted by Crippen LogP contribution is -2.07. The normalized spacial score (nSPS) is 11.0. The number of benzene rings is 3. The fourth-order valence-electron chi connectivity index (χ4n) is 2.65. The summed E-state index contributed by atoms with van der Waals surface area (Å²) in [5.74, 6) is 0.764. The average molecular weight is 413 g/mol. The molecule has 0 bridgehead atoms. The zero-order valence-electron chi connectivity index (χ0n) is 16.1. The van der Waals surface area contributed by atoms with Crippen LogP contribution in [0, 0.1) is 6.92 Å². The fourth-order valence-corrected chi connectivity index (χ4v) is 3.11. The van der Waals surface area contributed by atoms with Crippen molar-refractivity contribution in [2.24, 2.45) is 4.99 Å². The SMILES string of the molecule is Cc1ccc(/C=N\c2ccc(N(C)C)cc2)c(OCc2ccc(Cl)cc2Cl)c1. The van der Waals surface area contributed by atoms with Crippen LogP contribution in [0.2, 0.25) is 10.0 Å². The maximum Gasteiger partial charge on any atom is 0.128 e. The highest BCUT2D eigenvalue weighted by molar-refractivity contribution is 6.35. The first-order chi connectivity index (χ1) is 13.4. The maximum atomic E-state index is 6.25. The van der Waals surface area contributed by atoms with Gasteiger partial charge in [0.2, 0.25) is 0 Å². The van der Waals surface area contributed by atoms with Gasteiger partial charge in [-0.05, 0) is 61.0 Å². The number of halogens is 2. The minimum atomic E-state index is 0.359. The molecule has 0 amide bonds. The molecule has 0 spiro atoms. The van der Waals surface area contributed by atoms with Crippen molar-refractivity contribution in [3.63, 3.8) is 0 Å². The Hall–Kier alpha value is -2.49. The second-order valence-corrected chi connectivity index (χ2v) is 7.58. The highest BCUT2D eigenvalue weighted by Gasteiger charge is 2.06. The van der Waals surface area contributed by atoms with E-state index in [1.54, 1.807) is 6.07 Å². The van der Waals surface area contributed by atoms with Crippen molar-refractivity contribution in [3.8, 4) is 5.75 Å². The standard InChI is InChI=1S/C23H22Cl2N2O/c1-16-4-5-17(14-26-20-8-10-21(11-9-20)27(2)3)23(12-16)28-15-18-6-7-19(24)13-22(18)25/h4-14H,15H2,1-3H3/b26-14-. The van der Waals surface area contributed by atoms with Crippen molar-refractivity contribution < 1.29 is 4.74 Å². The lowest BCUT2D eigenvalue weighted by Gasteiger charge is -2.12. The van der Waals surface area contributed by atoms with Crippen LogP contribution in [0.25, 0.3) is 0 Å². The molecule has 0 aliphatic carbocycles. The minimum absolute atomic E-state index is 0.359. The van der Waals surface area contributed by atoms with Crippen molar-refractivity contribution in [1.29, 1.82) is 0 Å². The van der Waals surface area contributed by atoms with Crippen LogP contribution >= 0.6 is 23.2 Å². The van der Waals surface area contributed by atoms with Gasteiger partial charge in [-0.25, -0.2) is 0 Å². The number of aliphatic imine (C=N–C) groups is 1. The molecule has 144 valence electrons. The van der Waals surface area contributed by atoms with Crippen LogP contribution in [0.15, 0.2) is 65.7 Å². The summed E-state index contributed by atoms with van der Waals surface area (Å²) in [6, 6.07) is 19.5. The van der Waals surface area contributed by atoms with E-state index in [2.05, 4.69) is 9.89 Å². The Morgan fingerprint density at radius 1 is 0.964 bits per heavy atom. The number of ether oxygens (including phenoxy) is 1. The molecular weight excluding hydrogens is 391 g/mol. The van der Waals surface area contributed by atoms with Crippen LogP contribution in [0.1, 0.15) is 16.7 Å². The van der Waals surface area contributed by atoms with E-state index in [0.29, 0.717) is 16.7 Å². The van der Waals surface area contributed by atoms with E-state index in [1.807, 2.05) is 81.8 Å². The average Bonchev–Trinajstić information content (AvgIpc) is 2.67. The van der Waals surface area contributed by atoms with Crippen molar-refractivity contribution in [2.75, 3.05) is 19.0 Å². The van der Waals surface area contributed by atoms with Crippen molar-refractivity contribution in [1.82, 2.24) is 0 Å². The Morgan fingerprint density at radius 2 is 1.71 bits per heavy atom. The Kier molecular flexibility index (Phi) is 6.61. The molecule has 0 saturated carbocycles. The van der Waals surface area contributed by atoms with E-state index in [0.717, 1.165) is 33.8 Å². The summed E-state index contributed by atoms with van der Waals surface area (Å²) >= 11 is 12.2. The molecule has 0 unspecified atom stereocenters. The quantitative estimate of drug-likeness (QED) is 0.420. The number of nitrogens with zero attached hydrogens (tertiary/aromatic N) is 2. The molecule has 0 fully saturated rings. The summed E-state index contributed by atoms with van der Waals surface area (Å²) in [7, 11) is 4.03. The predicted octanol–water partition coefficient (Wildman–Crippen LogP) is 6.70. The molecule has 28 heavy (non-hydrogen) atoms. The van der Waals surface area contributed by atoms with Gasteiger partial charge < -0.3 is 9.64 Å². The molecule has 0 atom stereocenters. The van der Waals surface area contributed by atoms with Crippen LogP contribution in [0.3, 0.4) is 0 Å². The molecule has 0 N–H and O–H groups in total. The molecule has 0 aromatic heterocycles. The monoisotopic (exact) mass is 412 g/mol. The van der Waals surface area contributed by atoms with Crippen molar-refractivity contribution in [2.45, 2.75) is 13.5 Å². The van der Waals surface area contributed by atoms with Gasteiger partial charge in [0.1, 0.15) is 12.4 Å². The van der Waals surface area contributed by atoms with Gasteiger partial charge in [0, 0.05) is 47.2 Å². The molecule has 0 radical (unpaired) electrons. The van der Waals surface area contributed by atoms with Crippen molar-refractivity contribution in [3.05, 3.63) is 87.4 Å². The van der Waals surface area contributed by atoms with Gasteiger partial charge in [-0.15, -0.1) is 0 Å². The first-order valence-corrected chi connectivity index (χ1v) is 9.67. The third-order valence-corrected chi connectivity index (χ3v) is 4.87. The van der Waals surface area contributed by atoms with E-state index < -0.39 is 0 Å². The lowest BCUT2D eigenvalue weighted by molar-refractivity contribution is 0.305. The number of aryl methyl sites for hydroxylation is 1. The molecule has 3 rings (SSSR count). The summed E-state index contributed by atoms with van der Waals surface area (Å²) in [5, 5.41) is 1.20. The van der Waals surface area contributed by atoms with Gasteiger partial charge in [0.05, 0.1) is 5.69 Å². The Balaban J connectivity index is 1.78. The Morgan fingerprint density at radius 3 is 2.39 bits per heavy atom. The van der Waals surface area contributed by atoms with Gasteiger partial charge in [-0.1, -0.05) is 35.3 Å². The van der Waals surface area contributed by atoms with Gasteiger partial charge >= 0.3 is 0 Å². The third kappa shape index (κ3) is 5.28. The largest absolute Gasteiger partial charge is 0.488 e. The number of hydrogen-bond donors (Lipinski definition) is 0. The Labute approximate surface area is 176 Å². The van der Waals surface area contributed by atoms with Gasteiger partial charge in [-0.2, -0.15) is 0 Å². The number of rotatable bonds is 6. The second kappa shape index (κ2) is 9.13. The smallest absolute Gasteiger partial charge is 0.128 e. The summed E-state index contributed by atoms with van der Waals surface area (Å²) < 4.78 is 6.04. The first-order valence-electron chi connectivity index (χ1n) is 8.91. The summed E-state index contributed by atoms with van der Waals surface area (Å²) in [4.78, 5) is 6.64. The topological polar surface area (TPSA) is 24.8 Å². The molecule has 0 aliphatic heterocycles. The predicted molar refractivity (Wildman–Crippen MR) is 120 cm³/mol. The summed E-state index contributed by atoms with van der Waals surface area (Å²) in [5.41, 5.74) is 4.93. The second-order valence-electron chi connectivity index (χ2n) is 6.73. The van der Waals surface area contributed by atoms with E-state index in [9.17, 15) is 0 Å². The molecule has 0 aliphatic rings. The van der Waals surface area contributed by atoms with Crippen LogP contribution in [0.4, 0.5) is 11.4 Å². The van der Waals surface area contributed by atoms with Gasteiger partial charge in [-0.3, -0.25) is 4.99 Å². The molecule has 5 heteroatoms. The summed E-state index contributed by atoms with van der Waals surface area (Å²) in [6.45, 7) is 2.39. The van der Waals surface area contributed by atoms with E-state index in [-0.39, 0.29) is 0 Å². The van der Waals surface area contributed by atoms with Crippen LogP contribution in [-0.4, -0.2) is 20.3 Å². The molecule has 0 heterocycles. The molecule has 3 aromatic rings. The summed E-state index contributed by atoms with van der Waals surface area (Å²) in [6.07, 6.45) is 1.82. The highest BCUT2D eigenvalue weighted by atomic mass is 35.5. The minimum Gasteiger partial charge on any atom is -0.488 e. The molecule has 3 aromatic carbocycles. The number of hydrogen-bond acceptors (Lipinski definition) is 3. The maximum absolute atomic E-state index is 6.25. The van der Waals surface area contributed by atoms with Crippen LogP contribution in [0.5, 0.6) is 5.75 Å². The van der Waals surface area contributed by atoms with E-state index >= 15 is 0 Å². The highest BCUT2D eigenvalue weighted by Crippen LogP contribution is 2.25. The fraction of sp³-hybridized carbons (Fsp3) is 0.174. The third-order valence-electron chi connectivity index (χ3n) is 4.29. The first kappa shape index (κ1) is 20.2. The molecule has 0 saturated heterocycles. The van der Waals surface area contributed by atoms with Gasteiger partial charge in [0.15, 0.2) is 0 Å². The van der Waals surface area contributed by atoms with E-state index in [4.69, 9.17) is 27.9 Å². The van der Waals surface area contributed by atoms with Crippen LogP contribution < -0.4 is 9.64 Å². The molecule has 3 nitrogen and oxygen atoms in total. The van der Waals surface area contributed by atoms with E-state index in [1.165, 1.54) is 0 Å². The Bertz CT molecular complexity index is 982. The van der Waals surface area contributed by atoms with Crippen molar-refractivity contribution >= 4 is 40.8 Å². The zero-order chi connectivity index (χ0) is 20.1. The zero-order valence-corrected chi connectivity index (χ0v) is 17.6. The lowest BCUT2D eigenvalue weighted by atomic mass is 10.1. The number of anilines is 1. The molecular formula is C23H22Cl2N2O.